The molecule has 326 valence electrons. The van der Waals surface area contributed by atoms with E-state index in [-0.39, 0.29) is 132 Å². The van der Waals surface area contributed by atoms with Crippen molar-refractivity contribution in [2.45, 2.75) is 37.8 Å². The van der Waals surface area contributed by atoms with E-state index in [2.05, 4.69) is 63.8 Å². The van der Waals surface area contributed by atoms with Gasteiger partial charge in [0, 0.05) is 52.1 Å². The van der Waals surface area contributed by atoms with Gasteiger partial charge in [0.1, 0.15) is 31.2 Å². The van der Waals surface area contributed by atoms with Gasteiger partial charge in [0.05, 0.1) is 50.3 Å². The second kappa shape index (κ2) is 34.4. The van der Waals surface area contributed by atoms with Crippen LogP contribution in [-0.2, 0) is 62.1 Å². The lowest BCUT2D eigenvalue weighted by Crippen LogP contribution is -2.52. The number of hydrogen-bond acceptors (Lipinski definition) is 13. The number of carbonyl (C=O) groups excluding carboxylic acids is 7. The molecule has 0 bridgehead atoms. The van der Waals surface area contributed by atoms with Crippen molar-refractivity contribution in [2.24, 2.45) is 0 Å². The van der Waals surface area contributed by atoms with Crippen molar-refractivity contribution in [3.05, 3.63) is 0 Å². The molecule has 25 heteroatoms. The topological polar surface area (TPSA) is 306 Å². The Balaban J connectivity index is 4.52. The van der Waals surface area contributed by atoms with Crippen LogP contribution in [0.4, 0.5) is 0 Å². The van der Waals surface area contributed by atoms with Crippen molar-refractivity contribution in [1.29, 1.82) is 0 Å². The summed E-state index contributed by atoms with van der Waals surface area (Å²) in [7, 11) is 0. The Morgan fingerprint density at radius 3 is 1.44 bits per heavy atom. The Bertz CT molecular complexity index is 1270. The minimum atomic E-state index is -1.33. The molecule has 0 aliphatic rings. The van der Waals surface area contributed by atoms with Crippen molar-refractivity contribution >= 4 is 96.7 Å². The zero-order valence-electron chi connectivity index (χ0n) is 31.3. The summed E-state index contributed by atoms with van der Waals surface area (Å²) < 4.78 is 21.0. The average Bonchev–Trinajstić information content (AvgIpc) is 3.18. The predicted molar refractivity (Wildman–Crippen MR) is 208 cm³/mol. The number of carbonyl (C=O) groups is 9. The van der Waals surface area contributed by atoms with E-state index in [4.69, 9.17) is 30.5 Å². The Morgan fingerprint density at radius 2 is 0.982 bits per heavy atom. The SMILES string of the molecule is O=C(O)CC[C@H](NC(=O)COCCOCCNC(=O)CC[C@@H](NC(=O)COCCOCCNC(=O)CCl)C(=O)O)C(=O)N(CCNC(=O)CBr)CCNC(=O)CBr. The van der Waals surface area contributed by atoms with E-state index in [1.165, 1.54) is 4.90 Å². The third-order valence-electron chi connectivity index (χ3n) is 7.00. The van der Waals surface area contributed by atoms with Gasteiger partial charge in [-0.05, 0) is 12.8 Å². The average molecular weight is 970 g/mol. The van der Waals surface area contributed by atoms with E-state index >= 15 is 0 Å². The molecule has 0 aromatic rings. The predicted octanol–water partition coefficient (Wildman–Crippen LogP) is -2.93. The molecule has 57 heavy (non-hydrogen) atoms. The number of nitrogens with zero attached hydrogens (tertiary/aromatic N) is 1. The third-order valence-corrected chi connectivity index (χ3v) is 8.27. The summed E-state index contributed by atoms with van der Waals surface area (Å²) in [6, 6.07) is -2.57. The van der Waals surface area contributed by atoms with E-state index in [0.717, 1.165) is 0 Å². The molecule has 0 radical (unpaired) electrons. The molecule has 0 heterocycles. The fourth-order valence-corrected chi connectivity index (χ4v) is 4.76. The summed E-state index contributed by atoms with van der Waals surface area (Å²) in [6.07, 6.45) is -1.06. The first-order chi connectivity index (χ1) is 27.2. The van der Waals surface area contributed by atoms with Crippen molar-refractivity contribution in [3.63, 3.8) is 0 Å². The van der Waals surface area contributed by atoms with Gasteiger partial charge in [-0.3, -0.25) is 38.4 Å². The van der Waals surface area contributed by atoms with Crippen molar-refractivity contribution in [2.75, 3.05) is 109 Å². The molecule has 0 aromatic carbocycles. The van der Waals surface area contributed by atoms with Crippen molar-refractivity contribution in [3.8, 4) is 0 Å². The van der Waals surface area contributed by atoms with E-state index < -0.39 is 67.3 Å². The summed E-state index contributed by atoms with van der Waals surface area (Å²) in [5.41, 5.74) is 0. The first-order valence-electron chi connectivity index (χ1n) is 17.6. The van der Waals surface area contributed by atoms with Gasteiger partial charge in [-0.2, -0.15) is 0 Å². The van der Waals surface area contributed by atoms with Crippen LogP contribution in [0.5, 0.6) is 0 Å². The zero-order valence-corrected chi connectivity index (χ0v) is 35.2. The maximum atomic E-state index is 13.4. The second-order valence-electron chi connectivity index (χ2n) is 11.5. The second-order valence-corrected chi connectivity index (χ2v) is 12.9. The highest BCUT2D eigenvalue weighted by atomic mass is 79.9. The fraction of sp³-hybridized carbons (Fsp3) is 0.719. The van der Waals surface area contributed by atoms with Gasteiger partial charge in [-0.25, -0.2) is 4.79 Å². The van der Waals surface area contributed by atoms with Gasteiger partial charge < -0.3 is 66.0 Å². The smallest absolute Gasteiger partial charge is 0.326 e. The van der Waals surface area contributed by atoms with Gasteiger partial charge in [-0.15, -0.1) is 11.6 Å². The molecule has 0 saturated heterocycles. The van der Waals surface area contributed by atoms with Gasteiger partial charge >= 0.3 is 11.9 Å². The maximum Gasteiger partial charge on any atom is 0.326 e. The summed E-state index contributed by atoms with van der Waals surface area (Å²) in [4.78, 5) is 109. The number of carboxylic acids is 2. The molecule has 7 amide bonds. The van der Waals surface area contributed by atoms with E-state index in [0.29, 0.717) is 0 Å². The van der Waals surface area contributed by atoms with E-state index in [9.17, 15) is 53.4 Å². The van der Waals surface area contributed by atoms with Crippen LogP contribution in [0.25, 0.3) is 0 Å². The first-order valence-corrected chi connectivity index (χ1v) is 20.4. The van der Waals surface area contributed by atoms with Crippen LogP contribution in [0, 0.1) is 0 Å². The number of ether oxygens (including phenoxy) is 4. The minimum Gasteiger partial charge on any atom is -0.481 e. The van der Waals surface area contributed by atoms with E-state index in [1.807, 2.05) is 0 Å². The number of amides is 7. The number of hydrogen-bond donors (Lipinski definition) is 8. The summed E-state index contributed by atoms with van der Waals surface area (Å²) >= 11 is 11.4. The lowest BCUT2D eigenvalue weighted by molar-refractivity contribution is -0.143. The molecule has 0 aliphatic heterocycles. The van der Waals surface area contributed by atoms with Gasteiger partial charge in [0.15, 0.2) is 0 Å². The van der Waals surface area contributed by atoms with Crippen LogP contribution in [0.15, 0.2) is 0 Å². The zero-order chi connectivity index (χ0) is 42.8. The van der Waals surface area contributed by atoms with Gasteiger partial charge in [0.25, 0.3) is 0 Å². The number of halogens is 3. The van der Waals surface area contributed by atoms with Crippen LogP contribution in [-0.4, -0.2) is 189 Å². The normalized spacial score (nSPS) is 11.7. The molecule has 2 atom stereocenters. The fourth-order valence-electron chi connectivity index (χ4n) is 4.27. The summed E-state index contributed by atoms with van der Waals surface area (Å²) in [5, 5.41) is 33.7. The highest BCUT2D eigenvalue weighted by Crippen LogP contribution is 2.05. The lowest BCUT2D eigenvalue weighted by atomic mass is 10.1. The lowest BCUT2D eigenvalue weighted by Gasteiger charge is -2.28. The van der Waals surface area contributed by atoms with Crippen molar-refractivity contribution < 1.29 is 72.3 Å². The Morgan fingerprint density at radius 1 is 0.544 bits per heavy atom. The highest BCUT2D eigenvalue weighted by Gasteiger charge is 2.27. The van der Waals surface area contributed by atoms with Gasteiger partial charge in [-0.1, -0.05) is 31.9 Å². The van der Waals surface area contributed by atoms with Crippen LogP contribution < -0.4 is 31.9 Å². The highest BCUT2D eigenvalue weighted by molar-refractivity contribution is 9.09. The Hall–Kier alpha value is -3.68. The molecule has 8 N–H and O–H groups in total. The molecule has 0 aliphatic carbocycles. The molecule has 0 saturated carbocycles. The molecular weight excluding hydrogens is 918 g/mol. The Kier molecular flexibility index (Phi) is 32.1. The van der Waals surface area contributed by atoms with Crippen molar-refractivity contribution in [1.82, 2.24) is 36.8 Å². The molecule has 0 rings (SSSR count). The molecule has 0 unspecified atom stereocenters. The van der Waals surface area contributed by atoms with Gasteiger partial charge in [0.2, 0.25) is 41.4 Å². The summed E-state index contributed by atoms with van der Waals surface area (Å²) in [6.45, 7) is 0.000976. The number of nitrogens with one attached hydrogen (secondary N) is 6. The number of carboxylic acid groups (broad SMARTS) is 2. The third kappa shape index (κ3) is 30.1. The monoisotopic (exact) mass is 967 g/mol. The standard InChI is InChI=1S/C32H52Br2ClN7O15/c33-17-25(44)36-5-9-42(10-6-37-26(45)18-34)31(51)22(2-4-30(49)50)40-28(47)20-56-15-13-54-11-7-38-24(43)3-1-23(32(52)53)41-29(48)21-57-16-14-55-12-8-39-27(46)19-35/h22-23H,1-21H2,(H,36,44)(H,37,45)(H,38,43)(H,39,46)(H,40,47)(H,41,48)(H,49,50)(H,52,53)/t22-,23+/m0/s1. The molecule has 22 nitrogen and oxygen atoms in total. The Labute approximate surface area is 351 Å². The quantitative estimate of drug-likeness (QED) is 0.0233. The first kappa shape index (κ1) is 53.3. The van der Waals surface area contributed by atoms with Crippen LogP contribution in [0.2, 0.25) is 0 Å². The number of aliphatic carboxylic acids is 2. The largest absolute Gasteiger partial charge is 0.481 e. The number of alkyl halides is 3. The number of rotatable bonds is 35. The molecule has 0 spiro atoms. The van der Waals surface area contributed by atoms with Crippen LogP contribution in [0.3, 0.4) is 0 Å². The molecular formula is C32H52Br2ClN7O15. The molecule has 0 fully saturated rings. The summed E-state index contributed by atoms with van der Waals surface area (Å²) in [5.74, 6) is -6.17. The maximum absolute atomic E-state index is 13.4. The van der Waals surface area contributed by atoms with E-state index in [1.54, 1.807) is 0 Å². The minimum absolute atomic E-state index is 0.0205. The van der Waals surface area contributed by atoms with Crippen LogP contribution in [0.1, 0.15) is 25.7 Å². The van der Waals surface area contributed by atoms with Crippen LogP contribution >= 0.6 is 43.5 Å². The molecule has 0 aromatic heterocycles.